The molecule has 4 aromatic carbocycles. The fraction of sp³-hybridized carbons (Fsp3) is 0.189. The number of thiocarbonyl (C=S) groups is 1. The summed E-state index contributed by atoms with van der Waals surface area (Å²) >= 11 is 5.78. The fourth-order valence-corrected chi connectivity index (χ4v) is 6.23. The van der Waals surface area contributed by atoms with Crippen LogP contribution in [0.4, 0.5) is 0 Å². The summed E-state index contributed by atoms with van der Waals surface area (Å²) < 4.78 is 2.28. The van der Waals surface area contributed by atoms with Crippen molar-refractivity contribution in [3.8, 4) is 0 Å². The minimum Gasteiger partial charge on any atom is -0.379 e. The Morgan fingerprint density at radius 1 is 0.833 bits per heavy atom. The summed E-state index contributed by atoms with van der Waals surface area (Å²) in [6.07, 6.45) is 9.05. The number of fused-ring (bicyclic) bond motifs is 1. The largest absolute Gasteiger partial charge is 0.379 e. The Bertz CT molecular complexity index is 1640. The summed E-state index contributed by atoms with van der Waals surface area (Å²) in [7, 11) is 0. The molecule has 2 N–H and O–H groups in total. The van der Waals surface area contributed by atoms with Crippen molar-refractivity contribution in [2.45, 2.75) is 31.7 Å². The van der Waals surface area contributed by atoms with Gasteiger partial charge in [-0.3, -0.25) is 0 Å². The first-order valence-corrected chi connectivity index (χ1v) is 15.1. The molecule has 0 bridgehead atoms. The van der Waals surface area contributed by atoms with Gasteiger partial charge in [-0.2, -0.15) is 0 Å². The minimum atomic E-state index is -0.535. The zero-order chi connectivity index (χ0) is 28.8. The number of aromatic amines is 1. The normalized spacial score (nSPS) is 12.3. The lowest BCUT2D eigenvalue weighted by Gasteiger charge is -2.37. The summed E-state index contributed by atoms with van der Waals surface area (Å²) in [5, 5.41) is 4.79. The van der Waals surface area contributed by atoms with Gasteiger partial charge in [-0.15, -0.1) is 0 Å². The lowest BCUT2D eigenvalue weighted by Crippen LogP contribution is -2.36. The van der Waals surface area contributed by atoms with Gasteiger partial charge < -0.3 is 14.9 Å². The lowest BCUT2D eigenvalue weighted by molar-refractivity contribution is 0.514. The molecule has 2 heterocycles. The molecule has 1 atom stereocenters. The van der Waals surface area contributed by atoms with Gasteiger partial charge >= 0.3 is 0 Å². The van der Waals surface area contributed by atoms with Crippen LogP contribution < -0.4 is 5.32 Å². The maximum atomic E-state index is 5.78. The first kappa shape index (κ1) is 27.7. The van der Waals surface area contributed by atoms with Gasteiger partial charge in [-0.05, 0) is 47.6 Å². The van der Waals surface area contributed by atoms with Crippen LogP contribution in [-0.2, 0) is 18.4 Å². The second-order valence-electron chi connectivity index (χ2n) is 10.9. The van der Waals surface area contributed by atoms with Gasteiger partial charge in [0.25, 0.3) is 0 Å². The first-order chi connectivity index (χ1) is 20.7. The lowest BCUT2D eigenvalue weighted by atomic mass is 9.77. The van der Waals surface area contributed by atoms with Crippen LogP contribution in [0.15, 0.2) is 134 Å². The number of nitrogens with one attached hydrogen (secondary N) is 2. The van der Waals surface area contributed by atoms with Crippen LogP contribution in [0, 0.1) is 5.92 Å². The molecule has 2 aromatic heterocycles. The third-order valence-electron chi connectivity index (χ3n) is 8.16. The maximum absolute atomic E-state index is 5.78. The van der Waals surface area contributed by atoms with Gasteiger partial charge in [0.1, 0.15) is 5.54 Å². The quantitative estimate of drug-likeness (QED) is 0.0948. The highest BCUT2D eigenvalue weighted by atomic mass is 32.1. The molecule has 0 amide bonds. The number of hydrogen-bond donors (Lipinski definition) is 2. The summed E-state index contributed by atoms with van der Waals surface area (Å²) in [5.41, 5.74) is 6.61. The second-order valence-corrected chi connectivity index (χ2v) is 11.4. The molecule has 5 heteroatoms. The van der Waals surface area contributed by atoms with Crippen molar-refractivity contribution in [1.29, 1.82) is 0 Å². The Hall–Kier alpha value is -4.48. The van der Waals surface area contributed by atoms with Gasteiger partial charge in [0, 0.05) is 35.8 Å². The van der Waals surface area contributed by atoms with Crippen LogP contribution in [0.1, 0.15) is 41.3 Å². The third-order valence-corrected chi connectivity index (χ3v) is 8.70. The summed E-state index contributed by atoms with van der Waals surface area (Å²) in [5.74, 6) is 0.265. The van der Waals surface area contributed by atoms with E-state index in [-0.39, 0.29) is 5.92 Å². The molecule has 4 nitrogen and oxygen atoms in total. The number of nitrogens with zero attached hydrogens (tertiary/aromatic N) is 2. The number of aromatic nitrogens is 3. The van der Waals surface area contributed by atoms with E-state index in [1.54, 1.807) is 0 Å². The van der Waals surface area contributed by atoms with Crippen LogP contribution in [0.5, 0.6) is 0 Å². The highest BCUT2D eigenvalue weighted by Crippen LogP contribution is 2.40. The maximum Gasteiger partial charge on any atom is 0.121 e. The monoisotopic (exact) mass is 568 g/mol. The van der Waals surface area contributed by atoms with E-state index >= 15 is 0 Å². The second kappa shape index (κ2) is 12.6. The number of rotatable bonds is 11. The third kappa shape index (κ3) is 5.53. The van der Waals surface area contributed by atoms with Crippen LogP contribution in [0.3, 0.4) is 0 Å². The van der Waals surface area contributed by atoms with E-state index in [4.69, 9.17) is 17.2 Å². The van der Waals surface area contributed by atoms with Gasteiger partial charge in [-0.25, -0.2) is 4.98 Å². The molecule has 0 saturated heterocycles. The summed E-state index contributed by atoms with van der Waals surface area (Å²) in [6, 6.07) is 40.6. The number of H-pyrrole nitrogens is 1. The molecule has 6 rings (SSSR count). The smallest absolute Gasteiger partial charge is 0.121 e. The highest BCUT2D eigenvalue weighted by molar-refractivity contribution is 7.80. The predicted octanol–water partition coefficient (Wildman–Crippen LogP) is 7.93. The standard InChI is InChI=1S/C37H36N4S/c1-28(24-29-25-39-35-22-12-11-21-34(29)35)36(42)38-23-13-20-33-26-41(27-40-33)37(30-14-5-2-6-15-30,31-16-7-3-8-17-31)32-18-9-4-10-19-32/h2-12,14-19,21-22,25-28,39H,13,20,23-24H2,1H3,(H,38,42)/t28-/m1/s1. The summed E-state index contributed by atoms with van der Waals surface area (Å²) in [6.45, 7) is 3.03. The Morgan fingerprint density at radius 3 is 2.02 bits per heavy atom. The fourth-order valence-electron chi connectivity index (χ4n) is 6.04. The average molecular weight is 569 g/mol. The van der Waals surface area contributed by atoms with E-state index in [2.05, 4.69) is 149 Å². The SMILES string of the molecule is C[C@H](Cc1c[nH]c2ccccc12)C(=S)NCCCc1cn(C(c2ccccc2)(c2ccccc2)c2ccccc2)cn1. The van der Waals surface area contributed by atoms with Crippen molar-refractivity contribution in [3.05, 3.63) is 162 Å². The topological polar surface area (TPSA) is 45.6 Å². The van der Waals surface area contributed by atoms with E-state index in [9.17, 15) is 0 Å². The van der Waals surface area contributed by atoms with Gasteiger partial charge in [0.15, 0.2) is 0 Å². The van der Waals surface area contributed by atoms with Crippen LogP contribution in [-0.4, -0.2) is 26.1 Å². The number of imidazole rings is 1. The van der Waals surface area contributed by atoms with Crippen LogP contribution >= 0.6 is 12.2 Å². The number of hydrogen-bond acceptors (Lipinski definition) is 2. The molecule has 0 radical (unpaired) electrons. The molecule has 0 saturated carbocycles. The highest BCUT2D eigenvalue weighted by Gasteiger charge is 2.38. The van der Waals surface area contributed by atoms with E-state index in [0.29, 0.717) is 0 Å². The van der Waals surface area contributed by atoms with Gasteiger partial charge in [-0.1, -0.05) is 128 Å². The molecule has 6 aromatic rings. The number of benzene rings is 4. The van der Waals surface area contributed by atoms with E-state index in [1.807, 2.05) is 6.33 Å². The average Bonchev–Trinajstić information content (AvgIpc) is 3.69. The molecule has 0 aliphatic heterocycles. The number of para-hydroxylation sites is 1. The number of aryl methyl sites for hydroxylation is 1. The molecular formula is C37H36N4S. The molecule has 0 unspecified atom stereocenters. The van der Waals surface area contributed by atoms with Crippen molar-refractivity contribution in [1.82, 2.24) is 19.9 Å². The zero-order valence-corrected chi connectivity index (χ0v) is 24.7. The molecular weight excluding hydrogens is 533 g/mol. The van der Waals surface area contributed by atoms with Crippen molar-refractivity contribution in [3.63, 3.8) is 0 Å². The van der Waals surface area contributed by atoms with E-state index in [1.165, 1.54) is 33.2 Å². The van der Waals surface area contributed by atoms with Crippen molar-refractivity contribution in [2.24, 2.45) is 5.92 Å². The first-order valence-electron chi connectivity index (χ1n) is 14.7. The molecule has 210 valence electrons. The van der Waals surface area contributed by atoms with Crippen molar-refractivity contribution in [2.75, 3.05) is 6.54 Å². The van der Waals surface area contributed by atoms with Gasteiger partial charge in [0.05, 0.1) is 17.0 Å². The molecule has 0 aliphatic rings. The molecule has 42 heavy (non-hydrogen) atoms. The van der Waals surface area contributed by atoms with E-state index < -0.39 is 5.54 Å². The van der Waals surface area contributed by atoms with Crippen LogP contribution in [0.2, 0.25) is 0 Å². The van der Waals surface area contributed by atoms with E-state index in [0.717, 1.165) is 36.5 Å². The Morgan fingerprint density at radius 2 is 1.40 bits per heavy atom. The Balaban J connectivity index is 1.17. The molecule has 0 spiro atoms. The zero-order valence-electron chi connectivity index (χ0n) is 23.9. The Labute approximate surface area is 253 Å². The van der Waals surface area contributed by atoms with Crippen molar-refractivity contribution < 1.29 is 0 Å². The van der Waals surface area contributed by atoms with Crippen molar-refractivity contribution >= 4 is 28.1 Å². The minimum absolute atomic E-state index is 0.265. The van der Waals surface area contributed by atoms with Crippen LogP contribution in [0.25, 0.3) is 10.9 Å². The molecule has 0 aliphatic carbocycles. The predicted molar refractivity (Wildman–Crippen MR) is 177 cm³/mol. The van der Waals surface area contributed by atoms with Gasteiger partial charge in [0.2, 0.25) is 0 Å². The summed E-state index contributed by atoms with van der Waals surface area (Å²) in [4.78, 5) is 9.18. The molecule has 0 fully saturated rings. The Kier molecular flexibility index (Phi) is 8.29.